The van der Waals surface area contributed by atoms with E-state index in [1.54, 1.807) is 5.57 Å². The van der Waals surface area contributed by atoms with Gasteiger partial charge in [-0.1, -0.05) is 189 Å². The van der Waals surface area contributed by atoms with Crippen molar-refractivity contribution in [1.82, 2.24) is 4.90 Å². The van der Waals surface area contributed by atoms with Crippen molar-refractivity contribution in [2.24, 2.45) is 16.2 Å². The van der Waals surface area contributed by atoms with E-state index in [0.29, 0.717) is 10.8 Å². The van der Waals surface area contributed by atoms with Crippen LogP contribution in [0.4, 0.5) is 0 Å². The van der Waals surface area contributed by atoms with E-state index in [0.717, 1.165) is 13.0 Å². The Morgan fingerprint density at radius 3 is 1.50 bits per heavy atom. The van der Waals surface area contributed by atoms with Crippen LogP contribution in [0.25, 0.3) is 6.08 Å². The molecular formula is C39H71N. The molecule has 0 aromatic heterocycles. The summed E-state index contributed by atoms with van der Waals surface area (Å²) >= 11 is 0. The standard InChI is InChI=1S/C12H16.C11H16.C10H19N.2C2H6.2CH4/c1-12(2,3)10-9-11-7-5-4-6-8-11;1-11(2,3)9-10-7-5-4-6-8-10;1-10(2,3)9-5-7-11(4)8-6-9;2*1-2;;/h4-10H,1-3H3;4-8H,9H2,1-3H3;5H,6-8H2,1-4H3;2*1-2H3;2*1H4/b10-9+;;;;;;. The zero-order chi connectivity index (χ0) is 29.8. The molecule has 0 unspecified atom stereocenters. The third kappa shape index (κ3) is 26.1. The second-order valence-corrected chi connectivity index (χ2v) is 12.8. The van der Waals surface area contributed by atoms with Crippen molar-refractivity contribution in [2.45, 2.75) is 118 Å². The summed E-state index contributed by atoms with van der Waals surface area (Å²) in [6, 6.07) is 21.0. The molecule has 0 spiro atoms. The van der Waals surface area contributed by atoms with E-state index in [4.69, 9.17) is 0 Å². The first-order valence-corrected chi connectivity index (χ1v) is 14.8. The predicted molar refractivity (Wildman–Crippen MR) is 190 cm³/mol. The fourth-order valence-electron chi connectivity index (χ4n) is 3.57. The second-order valence-electron chi connectivity index (χ2n) is 12.8. The van der Waals surface area contributed by atoms with E-state index >= 15 is 0 Å². The molecule has 1 heteroatoms. The Morgan fingerprint density at radius 2 is 1.15 bits per heavy atom. The van der Waals surface area contributed by atoms with Gasteiger partial charge < -0.3 is 4.90 Å². The first-order chi connectivity index (χ1) is 17.7. The molecule has 1 aliphatic rings. The van der Waals surface area contributed by atoms with E-state index in [1.165, 1.54) is 24.1 Å². The predicted octanol–water partition coefficient (Wildman–Crippen LogP) is 12.6. The molecule has 0 fully saturated rings. The van der Waals surface area contributed by atoms with Crippen molar-refractivity contribution in [3.63, 3.8) is 0 Å². The van der Waals surface area contributed by atoms with E-state index in [1.807, 2.05) is 33.8 Å². The molecule has 1 nitrogen and oxygen atoms in total. The number of hydrogen-bond donors (Lipinski definition) is 0. The number of benzene rings is 2. The topological polar surface area (TPSA) is 3.24 Å². The van der Waals surface area contributed by atoms with Gasteiger partial charge >= 0.3 is 0 Å². The van der Waals surface area contributed by atoms with Crippen LogP contribution < -0.4 is 0 Å². The molecule has 1 aliphatic heterocycles. The fraction of sp³-hybridized carbons (Fsp3) is 0.590. The van der Waals surface area contributed by atoms with Gasteiger partial charge in [-0.25, -0.2) is 0 Å². The molecule has 0 saturated heterocycles. The molecule has 0 bridgehead atoms. The smallest absolute Gasteiger partial charge is 0.0163 e. The highest BCUT2D eigenvalue weighted by Gasteiger charge is 2.19. The highest BCUT2D eigenvalue weighted by molar-refractivity contribution is 5.49. The lowest BCUT2D eigenvalue weighted by Crippen LogP contribution is -2.27. The zero-order valence-electron chi connectivity index (χ0n) is 27.8. The molecule has 0 aliphatic carbocycles. The molecule has 0 amide bonds. The molecular weight excluding hydrogens is 482 g/mol. The molecule has 232 valence electrons. The van der Waals surface area contributed by atoms with E-state index < -0.39 is 0 Å². The normalized spacial score (nSPS) is 13.1. The van der Waals surface area contributed by atoms with Gasteiger partial charge in [0.1, 0.15) is 0 Å². The molecule has 0 saturated carbocycles. The first kappa shape index (κ1) is 44.9. The molecule has 0 radical (unpaired) electrons. The van der Waals surface area contributed by atoms with Crippen LogP contribution in [0.5, 0.6) is 0 Å². The molecule has 2 aromatic carbocycles. The van der Waals surface area contributed by atoms with Crippen LogP contribution in [-0.2, 0) is 6.42 Å². The Balaban J connectivity index is -0.000000223. The Kier molecular flexibility index (Phi) is 26.5. The summed E-state index contributed by atoms with van der Waals surface area (Å²) in [6.45, 7) is 30.6. The highest BCUT2D eigenvalue weighted by Crippen LogP contribution is 2.29. The van der Waals surface area contributed by atoms with Crippen LogP contribution in [0.2, 0.25) is 0 Å². The summed E-state index contributed by atoms with van der Waals surface area (Å²) in [5.74, 6) is 0. The largest absolute Gasteiger partial charge is 0.302 e. The number of nitrogens with zero attached hydrogens (tertiary/aromatic N) is 1. The molecule has 2 aromatic rings. The van der Waals surface area contributed by atoms with Gasteiger partial charge in [-0.15, -0.1) is 0 Å². The lowest BCUT2D eigenvalue weighted by molar-refractivity contribution is 0.332. The Morgan fingerprint density at radius 1 is 0.700 bits per heavy atom. The maximum atomic E-state index is 2.38. The van der Waals surface area contributed by atoms with Gasteiger partial charge in [0.05, 0.1) is 0 Å². The summed E-state index contributed by atoms with van der Waals surface area (Å²) in [5, 5.41) is 0. The Hall–Kier alpha value is -2.12. The third-order valence-corrected chi connectivity index (χ3v) is 5.53. The van der Waals surface area contributed by atoms with Crippen LogP contribution in [0.15, 0.2) is 78.4 Å². The van der Waals surface area contributed by atoms with Gasteiger partial charge in [0.15, 0.2) is 0 Å². The number of rotatable bonds is 2. The van der Waals surface area contributed by atoms with Gasteiger partial charge in [-0.3, -0.25) is 0 Å². The fourth-order valence-corrected chi connectivity index (χ4v) is 3.57. The van der Waals surface area contributed by atoms with Crippen LogP contribution in [0, 0.1) is 16.2 Å². The minimum absolute atomic E-state index is 0. The van der Waals surface area contributed by atoms with Gasteiger partial charge in [0.25, 0.3) is 0 Å². The van der Waals surface area contributed by atoms with E-state index in [-0.39, 0.29) is 20.3 Å². The first-order valence-electron chi connectivity index (χ1n) is 14.8. The maximum Gasteiger partial charge on any atom is 0.0163 e. The van der Waals surface area contributed by atoms with Crippen molar-refractivity contribution >= 4 is 6.08 Å². The zero-order valence-corrected chi connectivity index (χ0v) is 27.8. The molecule has 3 rings (SSSR count). The Labute approximate surface area is 254 Å². The molecule has 0 N–H and O–H groups in total. The summed E-state index contributed by atoms with van der Waals surface area (Å²) in [6.07, 6.45) is 9.18. The van der Waals surface area contributed by atoms with E-state index in [9.17, 15) is 0 Å². The quantitative estimate of drug-likeness (QED) is 0.334. The van der Waals surface area contributed by atoms with Crippen molar-refractivity contribution < 1.29 is 0 Å². The second kappa shape index (κ2) is 23.6. The average molecular weight is 554 g/mol. The summed E-state index contributed by atoms with van der Waals surface area (Å²) < 4.78 is 0. The lowest BCUT2D eigenvalue weighted by atomic mass is 9.83. The third-order valence-electron chi connectivity index (χ3n) is 5.53. The number of hydrogen-bond acceptors (Lipinski definition) is 1. The molecule has 40 heavy (non-hydrogen) atoms. The van der Waals surface area contributed by atoms with Crippen molar-refractivity contribution in [1.29, 1.82) is 0 Å². The van der Waals surface area contributed by atoms with Gasteiger partial charge in [0, 0.05) is 13.1 Å². The number of likely N-dealkylation sites (N-methyl/N-ethyl adjacent to an activating group) is 1. The van der Waals surface area contributed by atoms with E-state index in [2.05, 4.69) is 147 Å². The van der Waals surface area contributed by atoms with Crippen molar-refractivity contribution in [3.05, 3.63) is 89.5 Å². The summed E-state index contributed by atoms with van der Waals surface area (Å²) in [4.78, 5) is 2.36. The van der Waals surface area contributed by atoms with Crippen LogP contribution in [0.1, 0.15) is 122 Å². The molecule has 0 atom stereocenters. The SMILES string of the molecule is C.C.CC.CC.CC(C)(C)/C=C/c1ccccc1.CC(C)(C)Cc1ccccc1.CN1CC=C(C(C)(C)C)CC1. The van der Waals surface area contributed by atoms with Crippen molar-refractivity contribution in [3.8, 4) is 0 Å². The van der Waals surface area contributed by atoms with Gasteiger partial charge in [-0.2, -0.15) is 0 Å². The van der Waals surface area contributed by atoms with Crippen LogP contribution >= 0.6 is 0 Å². The Bertz CT molecular complexity index is 853. The number of allylic oxidation sites excluding steroid dienone is 1. The van der Waals surface area contributed by atoms with Gasteiger partial charge in [-0.05, 0) is 47.3 Å². The summed E-state index contributed by atoms with van der Waals surface area (Å²) in [5.41, 5.74) is 5.39. The van der Waals surface area contributed by atoms with Crippen molar-refractivity contribution in [2.75, 3.05) is 20.1 Å². The minimum atomic E-state index is 0. The van der Waals surface area contributed by atoms with Crippen LogP contribution in [0.3, 0.4) is 0 Å². The molecule has 1 heterocycles. The average Bonchev–Trinajstić information content (AvgIpc) is 2.86. The lowest BCUT2D eigenvalue weighted by Gasteiger charge is -2.29. The highest BCUT2D eigenvalue weighted by atomic mass is 15.1. The van der Waals surface area contributed by atoms with Crippen LogP contribution in [-0.4, -0.2) is 25.0 Å². The van der Waals surface area contributed by atoms with Gasteiger partial charge in [0.2, 0.25) is 0 Å². The summed E-state index contributed by atoms with van der Waals surface area (Å²) in [7, 11) is 2.18. The monoisotopic (exact) mass is 554 g/mol. The maximum absolute atomic E-state index is 2.38. The minimum Gasteiger partial charge on any atom is -0.302 e.